The number of ether oxygens (including phenoxy) is 12. The number of rotatable bonds is 20. The van der Waals surface area contributed by atoms with Gasteiger partial charge in [0.15, 0.2) is 46.0 Å². The molecule has 0 aliphatic heterocycles. The van der Waals surface area contributed by atoms with Gasteiger partial charge in [0.05, 0.1) is 79.1 Å². The van der Waals surface area contributed by atoms with E-state index in [-0.39, 0.29) is 68.9 Å². The minimum Gasteiger partial charge on any atom is -0.493 e. The van der Waals surface area contributed by atoms with Crippen molar-refractivity contribution in [1.29, 1.82) is 0 Å². The fraction of sp³-hybridized carbons (Fsp3) is 0.508. The van der Waals surface area contributed by atoms with E-state index in [1.54, 1.807) is 0 Å². The van der Waals surface area contributed by atoms with Crippen molar-refractivity contribution < 1.29 is 134 Å². The molecule has 28 heteroatoms. The molecule has 4 aromatic carbocycles. The molecule has 0 N–H and O–H groups in total. The highest BCUT2D eigenvalue weighted by Gasteiger charge is 2.57. The zero-order valence-electron chi connectivity index (χ0n) is 52.8. The van der Waals surface area contributed by atoms with E-state index in [0.717, 1.165) is 0 Å². The van der Waals surface area contributed by atoms with Crippen LogP contribution in [0.4, 0.5) is 19.2 Å². The summed E-state index contributed by atoms with van der Waals surface area (Å²) in [5.74, 6) is -1.54. The fourth-order valence-corrected chi connectivity index (χ4v) is 13.7. The topological polar surface area (TPSA) is 321 Å². The monoisotopic (exact) mass is 1300 g/mol. The maximum absolute atomic E-state index is 13.2. The lowest BCUT2D eigenvalue weighted by Crippen LogP contribution is -2.54. The normalized spacial score (nSPS) is 21.5. The van der Waals surface area contributed by atoms with Crippen LogP contribution in [0.3, 0.4) is 0 Å². The Morgan fingerprint density at radius 2 is 0.441 bits per heavy atom. The summed E-state index contributed by atoms with van der Waals surface area (Å²) in [7, 11) is 11.4. The van der Waals surface area contributed by atoms with Gasteiger partial charge in [-0.2, -0.15) is 19.2 Å². The maximum Gasteiger partial charge on any atom is 0.550 e. The Morgan fingerprint density at radius 1 is 0.258 bits per heavy atom. The molecule has 4 aliphatic rings. The van der Waals surface area contributed by atoms with Crippen molar-refractivity contribution in [3.63, 3.8) is 0 Å². The first kappa shape index (κ1) is 69.1. The van der Waals surface area contributed by atoms with Crippen LogP contribution >= 0.6 is 0 Å². The van der Waals surface area contributed by atoms with E-state index in [0.29, 0.717) is 126 Å². The summed E-state index contributed by atoms with van der Waals surface area (Å²) in [6.07, 6.45) is 0.360. The van der Waals surface area contributed by atoms with Crippen molar-refractivity contribution in [3.8, 4) is 46.0 Å². The number of methoxy groups -OCH3 is 8. The summed E-state index contributed by atoms with van der Waals surface area (Å²) < 4.78 is 65.1. The summed E-state index contributed by atoms with van der Waals surface area (Å²) >= 11 is 0. The zero-order chi connectivity index (χ0) is 66.6. The Hall–Kier alpha value is -9.76. The molecular weight excluding hydrogens is 1230 g/mol. The van der Waals surface area contributed by atoms with E-state index in [4.69, 9.17) is 95.9 Å². The summed E-state index contributed by atoms with van der Waals surface area (Å²) in [6, 6.07) is 17.1. The largest absolute Gasteiger partial charge is 0.550 e. The maximum atomic E-state index is 13.2. The number of benzene rings is 4. The Kier molecular flexibility index (Phi) is 24.5. The van der Waals surface area contributed by atoms with Crippen molar-refractivity contribution in [3.05, 3.63) is 95.1 Å². The summed E-state index contributed by atoms with van der Waals surface area (Å²) in [5.41, 5.74) is -0.414. The highest BCUT2D eigenvalue weighted by atomic mass is 17.3. The quantitative estimate of drug-likeness (QED) is 0.0343. The van der Waals surface area contributed by atoms with Crippen LogP contribution in [0.25, 0.3) is 0 Å². The van der Waals surface area contributed by atoms with Gasteiger partial charge in [-0.15, -0.1) is 0 Å². The summed E-state index contributed by atoms with van der Waals surface area (Å²) in [5, 5.41) is 0. The number of hydrogen-bond acceptors (Lipinski definition) is 28. The smallest absolute Gasteiger partial charge is 0.493 e. The van der Waals surface area contributed by atoms with E-state index < -0.39 is 78.3 Å². The van der Waals surface area contributed by atoms with Crippen LogP contribution < -0.4 is 37.9 Å². The molecule has 0 unspecified atom stereocenters. The summed E-state index contributed by atoms with van der Waals surface area (Å²) in [4.78, 5) is 143. The molecule has 0 radical (unpaired) electrons. The van der Waals surface area contributed by atoms with Gasteiger partial charge in [0.2, 0.25) is 0 Å². The lowest BCUT2D eigenvalue weighted by Gasteiger charge is -2.60. The van der Waals surface area contributed by atoms with Crippen LogP contribution in [0.5, 0.6) is 46.0 Å². The fourth-order valence-electron chi connectivity index (χ4n) is 13.7. The second-order valence-electron chi connectivity index (χ2n) is 22.5. The first-order chi connectivity index (χ1) is 45.0. The van der Waals surface area contributed by atoms with Crippen LogP contribution in [0.2, 0.25) is 0 Å². The first-order valence-electron chi connectivity index (χ1n) is 30.2. The molecule has 28 nitrogen and oxygen atoms in total. The average molecular weight is 1310 g/mol. The highest BCUT2D eigenvalue weighted by molar-refractivity contribution is 5.92. The molecule has 4 aliphatic carbocycles. The van der Waals surface area contributed by atoms with Gasteiger partial charge in [0.1, 0.15) is 24.4 Å². The number of hydrogen-bond donors (Lipinski definition) is 0. The van der Waals surface area contributed by atoms with Crippen LogP contribution in [-0.2, 0) is 58.0 Å². The molecule has 4 fully saturated rings. The first-order valence-corrected chi connectivity index (χ1v) is 30.2. The van der Waals surface area contributed by atoms with Crippen molar-refractivity contribution in [2.75, 3.05) is 56.9 Å². The zero-order valence-corrected chi connectivity index (χ0v) is 52.8. The van der Waals surface area contributed by atoms with E-state index >= 15 is 0 Å². The van der Waals surface area contributed by atoms with Gasteiger partial charge in [-0.1, -0.05) is 0 Å². The predicted octanol–water partition coefficient (Wildman–Crippen LogP) is 12.0. The standard InChI is InChI=1S/C65H76O28/c1-74-49-29-9-37(33-53(49)78-5)57(66)86-90-61(70)82-45-21-13-41(14-22-45)65(42-15-23-46(24-16-42)83-62(71)91-87-58(67)38-10-30-50(75-2)54(34-38)79-6,43-17-25-47(26-18-43)84-63(72)92-88-59(68)39-11-31-51(76-3)55(35-39)80-7)44-19-27-48(28-20-44)85-64(73)93-89-60(69)40-12-32-52(77-4)56(36-40)81-8/h9-12,29-36,41-48H,13-28H2,1-8H3. The van der Waals surface area contributed by atoms with E-state index in [2.05, 4.69) is 0 Å². The second kappa shape index (κ2) is 33.0. The van der Waals surface area contributed by atoms with Gasteiger partial charge >= 0.3 is 48.5 Å². The van der Waals surface area contributed by atoms with Crippen molar-refractivity contribution >= 4 is 48.5 Å². The number of carbonyl (C=O) groups excluding carboxylic acids is 8. The van der Waals surface area contributed by atoms with Gasteiger partial charge in [-0.05, 0) is 205 Å². The minimum atomic E-state index is -1.22. The third kappa shape index (κ3) is 17.4. The van der Waals surface area contributed by atoms with Crippen LogP contribution in [0.1, 0.15) is 144 Å². The third-order valence-electron chi connectivity index (χ3n) is 17.8. The highest BCUT2D eigenvalue weighted by Crippen LogP contribution is 2.63. The lowest BCUT2D eigenvalue weighted by molar-refractivity contribution is -0.213. The van der Waals surface area contributed by atoms with Gasteiger partial charge in [0.25, 0.3) is 0 Å². The van der Waals surface area contributed by atoms with Gasteiger partial charge in [-0.25, -0.2) is 58.3 Å². The van der Waals surface area contributed by atoms with Crippen molar-refractivity contribution in [1.82, 2.24) is 0 Å². The Labute approximate surface area is 535 Å². The molecule has 0 amide bonds. The SMILES string of the molecule is COc1ccc(C(=O)OOC(=O)OC2CCC(C(C3CCC(OC(=O)OOC(=O)c4ccc(OC)c(OC)c4)CC3)(C3CCC(OC(=O)OOC(=O)c4ccc(OC)c(OC)c4)CC3)C3CCC(OC(=O)OOC(=O)c4ccc(OC)c(OC)c4)CC3)CC2)cc1OC. The Morgan fingerprint density at radius 3 is 0.613 bits per heavy atom. The molecule has 8 rings (SSSR count). The second-order valence-corrected chi connectivity index (χ2v) is 22.5. The Balaban J connectivity index is 0.983. The number of carbonyl (C=O) groups is 8. The third-order valence-corrected chi connectivity index (χ3v) is 17.8. The molecule has 93 heavy (non-hydrogen) atoms. The molecule has 0 heterocycles. The molecule has 0 spiro atoms. The van der Waals surface area contributed by atoms with Gasteiger partial charge < -0.3 is 56.8 Å². The molecule has 4 aromatic rings. The van der Waals surface area contributed by atoms with E-state index in [1.165, 1.54) is 130 Å². The molecule has 504 valence electrons. The van der Waals surface area contributed by atoms with E-state index in [1.807, 2.05) is 0 Å². The van der Waals surface area contributed by atoms with Gasteiger partial charge in [-0.3, -0.25) is 0 Å². The molecular formula is C65H76O28. The van der Waals surface area contributed by atoms with Crippen LogP contribution in [-0.4, -0.2) is 130 Å². The van der Waals surface area contributed by atoms with Gasteiger partial charge in [0, 0.05) is 0 Å². The van der Waals surface area contributed by atoms with E-state index in [9.17, 15) is 38.4 Å². The minimum absolute atomic E-state index is 0.0210. The lowest BCUT2D eigenvalue weighted by atomic mass is 9.45. The van der Waals surface area contributed by atoms with Crippen LogP contribution in [0, 0.1) is 29.1 Å². The van der Waals surface area contributed by atoms with Crippen molar-refractivity contribution in [2.45, 2.75) is 127 Å². The van der Waals surface area contributed by atoms with Crippen LogP contribution in [0.15, 0.2) is 72.8 Å². The Bertz CT molecular complexity index is 2810. The summed E-state index contributed by atoms with van der Waals surface area (Å²) in [6.45, 7) is 0. The molecule has 0 bridgehead atoms. The molecule has 4 saturated carbocycles. The predicted molar refractivity (Wildman–Crippen MR) is 316 cm³/mol. The molecule has 0 atom stereocenters. The molecule has 0 aromatic heterocycles. The average Bonchev–Trinajstić information content (AvgIpc) is 0.741. The van der Waals surface area contributed by atoms with Crippen molar-refractivity contribution in [2.24, 2.45) is 29.1 Å². The molecule has 0 saturated heterocycles.